The van der Waals surface area contributed by atoms with E-state index in [2.05, 4.69) is 0 Å². The molecule has 2 rings (SSSR count). The minimum atomic E-state index is -4.75. The fraction of sp³-hybridized carbons (Fsp3) is 0.364. The van der Waals surface area contributed by atoms with Crippen molar-refractivity contribution in [3.05, 3.63) is 23.3 Å². The van der Waals surface area contributed by atoms with Gasteiger partial charge in [-0.2, -0.15) is 13.2 Å². The lowest BCUT2D eigenvalue weighted by Gasteiger charge is -2.14. The van der Waals surface area contributed by atoms with E-state index < -0.39 is 23.3 Å². The average Bonchev–Trinajstić information content (AvgIpc) is 2.50. The van der Waals surface area contributed by atoms with E-state index in [9.17, 15) is 18.0 Å². The molecule has 18 heavy (non-hydrogen) atoms. The van der Waals surface area contributed by atoms with Gasteiger partial charge in [0.15, 0.2) is 11.5 Å². The number of halogens is 3. The molecule has 0 atom stereocenters. The molecule has 1 aromatic rings. The molecule has 0 aliphatic carbocycles. The van der Waals surface area contributed by atoms with Crippen molar-refractivity contribution in [2.24, 2.45) is 0 Å². The highest BCUT2D eigenvalue weighted by Gasteiger charge is 2.37. The maximum atomic E-state index is 12.7. The van der Waals surface area contributed by atoms with E-state index in [0.29, 0.717) is 12.5 Å². The Hall–Kier alpha value is -1.92. The molecule has 0 radical (unpaired) electrons. The second kappa shape index (κ2) is 4.40. The van der Waals surface area contributed by atoms with Gasteiger partial charge in [0.1, 0.15) is 0 Å². The molecule has 0 amide bonds. The maximum absolute atomic E-state index is 12.7. The molecule has 0 fully saturated rings. The number of alkyl halides is 3. The number of aromatic carboxylic acids is 1. The molecule has 0 aromatic heterocycles. The van der Waals surface area contributed by atoms with Gasteiger partial charge >= 0.3 is 12.1 Å². The van der Waals surface area contributed by atoms with Crippen LogP contribution >= 0.6 is 0 Å². The van der Waals surface area contributed by atoms with E-state index in [4.69, 9.17) is 14.6 Å². The van der Waals surface area contributed by atoms with Crippen LogP contribution < -0.4 is 9.47 Å². The van der Waals surface area contributed by atoms with Gasteiger partial charge in [-0.15, -0.1) is 0 Å². The number of carboxylic acid groups (broad SMARTS) is 1. The third-order valence-electron chi connectivity index (χ3n) is 2.42. The molecular formula is C11H9F3O4. The molecule has 7 heteroatoms. The zero-order valence-electron chi connectivity index (χ0n) is 9.08. The summed E-state index contributed by atoms with van der Waals surface area (Å²) in [7, 11) is 0. The first-order chi connectivity index (χ1) is 8.39. The van der Waals surface area contributed by atoms with E-state index >= 15 is 0 Å². The average molecular weight is 262 g/mol. The maximum Gasteiger partial charge on any atom is 0.417 e. The van der Waals surface area contributed by atoms with Gasteiger partial charge in [0, 0.05) is 6.42 Å². The first-order valence-corrected chi connectivity index (χ1v) is 5.13. The predicted octanol–water partition coefficient (Wildman–Crippen LogP) is 2.56. The summed E-state index contributed by atoms with van der Waals surface area (Å²) in [5.41, 5.74) is -2.08. The van der Waals surface area contributed by atoms with Crippen LogP contribution in [0, 0.1) is 0 Å². The number of ether oxygens (including phenoxy) is 2. The van der Waals surface area contributed by atoms with Crippen molar-refractivity contribution in [3.63, 3.8) is 0 Å². The Morgan fingerprint density at radius 3 is 2.22 bits per heavy atom. The minimum absolute atomic E-state index is 0.0258. The SMILES string of the molecule is O=C(O)c1cc2c(cc1C(F)(F)F)OCCCO2. The summed E-state index contributed by atoms with van der Waals surface area (Å²) in [4.78, 5) is 10.8. The number of hydrogen-bond donors (Lipinski definition) is 1. The standard InChI is InChI=1S/C11H9F3O4/c12-11(13,14)7-5-9-8(4-6(7)10(15)16)17-2-1-3-18-9/h4-5H,1-3H2,(H,15,16). The first-order valence-electron chi connectivity index (χ1n) is 5.13. The van der Waals surface area contributed by atoms with Crippen LogP contribution in [0.25, 0.3) is 0 Å². The molecule has 1 aliphatic heterocycles. The molecule has 0 bridgehead atoms. The number of hydrogen-bond acceptors (Lipinski definition) is 3. The van der Waals surface area contributed by atoms with Crippen LogP contribution in [0.4, 0.5) is 13.2 Å². The summed E-state index contributed by atoms with van der Waals surface area (Å²) in [5.74, 6) is -1.71. The van der Waals surface area contributed by atoms with E-state index in [1.807, 2.05) is 0 Å². The van der Waals surface area contributed by atoms with Crippen molar-refractivity contribution >= 4 is 5.97 Å². The summed E-state index contributed by atoms with van der Waals surface area (Å²) in [6.07, 6.45) is -4.23. The van der Waals surface area contributed by atoms with Crippen molar-refractivity contribution in [2.45, 2.75) is 12.6 Å². The lowest BCUT2D eigenvalue weighted by Crippen LogP contribution is -2.13. The van der Waals surface area contributed by atoms with Gasteiger partial charge in [0.25, 0.3) is 0 Å². The van der Waals surface area contributed by atoms with Gasteiger partial charge in [-0.05, 0) is 12.1 Å². The van der Waals surface area contributed by atoms with E-state index in [1.165, 1.54) is 0 Å². The molecule has 0 unspecified atom stereocenters. The van der Waals surface area contributed by atoms with Crippen LogP contribution in [-0.4, -0.2) is 24.3 Å². The number of rotatable bonds is 1. The molecular weight excluding hydrogens is 253 g/mol. The highest BCUT2D eigenvalue weighted by atomic mass is 19.4. The largest absolute Gasteiger partial charge is 0.490 e. The lowest BCUT2D eigenvalue weighted by molar-refractivity contribution is -0.138. The topological polar surface area (TPSA) is 55.8 Å². The van der Waals surface area contributed by atoms with Gasteiger partial charge in [-0.25, -0.2) is 4.79 Å². The van der Waals surface area contributed by atoms with Gasteiger partial charge in [-0.3, -0.25) is 0 Å². The molecule has 0 saturated carbocycles. The van der Waals surface area contributed by atoms with Gasteiger partial charge in [0.05, 0.1) is 24.3 Å². The molecule has 1 aromatic carbocycles. The number of carboxylic acids is 1. The quantitative estimate of drug-likeness (QED) is 0.845. The fourth-order valence-electron chi connectivity index (χ4n) is 1.62. The molecule has 1 N–H and O–H groups in total. The smallest absolute Gasteiger partial charge is 0.417 e. The van der Waals surface area contributed by atoms with Crippen molar-refractivity contribution in [1.82, 2.24) is 0 Å². The summed E-state index contributed by atoms with van der Waals surface area (Å²) in [6, 6.07) is 1.52. The minimum Gasteiger partial charge on any atom is -0.490 e. The number of fused-ring (bicyclic) bond motifs is 1. The Morgan fingerprint density at radius 1 is 1.17 bits per heavy atom. The molecule has 4 nitrogen and oxygen atoms in total. The third-order valence-corrected chi connectivity index (χ3v) is 2.42. The summed E-state index contributed by atoms with van der Waals surface area (Å²) < 4.78 is 48.4. The second-order valence-corrected chi connectivity index (χ2v) is 3.70. The van der Waals surface area contributed by atoms with Crippen LogP contribution in [0.3, 0.4) is 0 Å². The molecule has 0 spiro atoms. The summed E-state index contributed by atoms with van der Waals surface area (Å²) >= 11 is 0. The molecule has 0 saturated heterocycles. The molecule has 1 heterocycles. The monoisotopic (exact) mass is 262 g/mol. The van der Waals surface area contributed by atoms with Crippen molar-refractivity contribution in [2.75, 3.05) is 13.2 Å². The van der Waals surface area contributed by atoms with Crippen LogP contribution in [-0.2, 0) is 6.18 Å². The Labute approximate surface area is 99.9 Å². The molecule has 1 aliphatic rings. The Kier molecular flexibility index (Phi) is 3.06. The zero-order chi connectivity index (χ0) is 13.3. The van der Waals surface area contributed by atoms with E-state index in [1.54, 1.807) is 0 Å². The zero-order valence-corrected chi connectivity index (χ0v) is 9.08. The van der Waals surface area contributed by atoms with Gasteiger partial charge in [0.2, 0.25) is 0 Å². The van der Waals surface area contributed by atoms with E-state index in [-0.39, 0.29) is 24.7 Å². The summed E-state index contributed by atoms with van der Waals surface area (Å²) in [5, 5.41) is 8.80. The summed E-state index contributed by atoms with van der Waals surface area (Å²) in [6.45, 7) is 0.508. The van der Waals surface area contributed by atoms with Crippen LogP contribution in [0.2, 0.25) is 0 Å². The second-order valence-electron chi connectivity index (χ2n) is 3.70. The van der Waals surface area contributed by atoms with Gasteiger partial charge < -0.3 is 14.6 Å². The van der Waals surface area contributed by atoms with E-state index in [0.717, 1.165) is 6.07 Å². The Morgan fingerprint density at radius 2 is 1.72 bits per heavy atom. The predicted molar refractivity (Wildman–Crippen MR) is 54.0 cm³/mol. The van der Waals surface area contributed by atoms with Crippen LogP contribution in [0.15, 0.2) is 12.1 Å². The van der Waals surface area contributed by atoms with Crippen molar-refractivity contribution in [3.8, 4) is 11.5 Å². The number of benzene rings is 1. The van der Waals surface area contributed by atoms with Crippen LogP contribution in [0.1, 0.15) is 22.3 Å². The lowest BCUT2D eigenvalue weighted by atomic mass is 10.1. The Bertz CT molecular complexity index is 482. The first kappa shape index (κ1) is 12.5. The van der Waals surface area contributed by atoms with Gasteiger partial charge in [-0.1, -0.05) is 0 Å². The fourth-order valence-corrected chi connectivity index (χ4v) is 1.62. The highest BCUT2D eigenvalue weighted by molar-refractivity contribution is 5.90. The third kappa shape index (κ3) is 2.34. The highest BCUT2D eigenvalue weighted by Crippen LogP contribution is 2.40. The molecule has 98 valence electrons. The van der Waals surface area contributed by atoms with Crippen molar-refractivity contribution < 1.29 is 32.5 Å². The van der Waals surface area contributed by atoms with Crippen molar-refractivity contribution in [1.29, 1.82) is 0 Å². The number of carbonyl (C=O) groups is 1. The van der Waals surface area contributed by atoms with Crippen LogP contribution in [0.5, 0.6) is 11.5 Å². The normalized spacial score (nSPS) is 15.1. The Balaban J connectivity index is 2.58.